The van der Waals surface area contributed by atoms with Gasteiger partial charge >= 0.3 is 0 Å². The summed E-state index contributed by atoms with van der Waals surface area (Å²) in [5, 5.41) is 16.6. The summed E-state index contributed by atoms with van der Waals surface area (Å²) in [6.45, 7) is 8.02. The Labute approximate surface area is 136 Å². The van der Waals surface area contributed by atoms with Crippen molar-refractivity contribution < 1.29 is 5.11 Å². The van der Waals surface area contributed by atoms with Gasteiger partial charge in [0, 0.05) is 12.1 Å². The van der Waals surface area contributed by atoms with Gasteiger partial charge in [-0.2, -0.15) is 9.97 Å². The van der Waals surface area contributed by atoms with Gasteiger partial charge in [0.25, 0.3) is 0 Å². The van der Waals surface area contributed by atoms with Gasteiger partial charge in [-0.1, -0.05) is 6.92 Å². The number of imidazole rings is 1. The van der Waals surface area contributed by atoms with E-state index in [2.05, 4.69) is 39.4 Å². The van der Waals surface area contributed by atoms with Gasteiger partial charge in [0.05, 0.1) is 18.5 Å². The fourth-order valence-corrected chi connectivity index (χ4v) is 2.61. The molecule has 1 saturated carbocycles. The average Bonchev–Trinajstić information content (AvgIpc) is 3.20. The largest absolute Gasteiger partial charge is 0.391 e. The van der Waals surface area contributed by atoms with E-state index >= 15 is 0 Å². The summed E-state index contributed by atoms with van der Waals surface area (Å²) in [5.74, 6) is 1.32. The molecule has 0 unspecified atom stereocenters. The first-order valence-corrected chi connectivity index (χ1v) is 8.45. The third-order valence-electron chi connectivity index (χ3n) is 4.23. The molecule has 7 heteroatoms. The molecule has 0 spiro atoms. The van der Waals surface area contributed by atoms with Crippen molar-refractivity contribution in [1.82, 2.24) is 19.5 Å². The lowest BCUT2D eigenvalue weighted by Gasteiger charge is -2.20. The van der Waals surface area contributed by atoms with Crippen LogP contribution in [0.3, 0.4) is 0 Å². The molecule has 0 saturated heterocycles. The molecule has 1 aliphatic carbocycles. The van der Waals surface area contributed by atoms with Crippen molar-refractivity contribution in [2.24, 2.45) is 0 Å². The molecular weight excluding hydrogens is 292 g/mol. The zero-order valence-corrected chi connectivity index (χ0v) is 14.2. The number of hydrogen-bond acceptors (Lipinski definition) is 6. The van der Waals surface area contributed by atoms with Crippen molar-refractivity contribution in [2.45, 2.75) is 71.2 Å². The Morgan fingerprint density at radius 2 is 2.04 bits per heavy atom. The van der Waals surface area contributed by atoms with Crippen LogP contribution in [0.25, 0.3) is 11.2 Å². The fourth-order valence-electron chi connectivity index (χ4n) is 2.61. The second kappa shape index (κ2) is 6.31. The van der Waals surface area contributed by atoms with Crippen molar-refractivity contribution in [2.75, 3.05) is 10.6 Å². The topological polar surface area (TPSA) is 87.9 Å². The number of nitrogens with one attached hydrogen (secondary N) is 2. The summed E-state index contributed by atoms with van der Waals surface area (Å²) < 4.78 is 2.05. The minimum Gasteiger partial charge on any atom is -0.391 e. The van der Waals surface area contributed by atoms with Gasteiger partial charge < -0.3 is 20.3 Å². The van der Waals surface area contributed by atoms with Gasteiger partial charge in [0.1, 0.15) is 0 Å². The van der Waals surface area contributed by atoms with Crippen LogP contribution in [-0.2, 0) is 0 Å². The molecule has 2 aromatic rings. The molecule has 1 aliphatic rings. The molecule has 2 heterocycles. The molecule has 0 aromatic carbocycles. The van der Waals surface area contributed by atoms with E-state index in [-0.39, 0.29) is 12.1 Å². The molecule has 0 aliphatic heterocycles. The van der Waals surface area contributed by atoms with Crippen LogP contribution >= 0.6 is 0 Å². The van der Waals surface area contributed by atoms with Crippen LogP contribution < -0.4 is 10.6 Å². The monoisotopic (exact) mass is 318 g/mol. The van der Waals surface area contributed by atoms with E-state index in [1.165, 1.54) is 12.8 Å². The normalized spacial score (nSPS) is 17.5. The van der Waals surface area contributed by atoms with Crippen LogP contribution in [0.15, 0.2) is 6.33 Å². The Morgan fingerprint density at radius 1 is 1.30 bits per heavy atom. The van der Waals surface area contributed by atoms with Crippen LogP contribution in [0.4, 0.5) is 11.8 Å². The van der Waals surface area contributed by atoms with E-state index in [1.807, 2.05) is 17.8 Å². The lowest BCUT2D eigenvalue weighted by Crippen LogP contribution is -2.31. The molecule has 126 valence electrons. The van der Waals surface area contributed by atoms with Crippen molar-refractivity contribution in [3.05, 3.63) is 6.33 Å². The first-order valence-electron chi connectivity index (χ1n) is 8.45. The Kier molecular flexibility index (Phi) is 4.39. The summed E-state index contributed by atoms with van der Waals surface area (Å²) in [6.07, 6.45) is 4.50. The van der Waals surface area contributed by atoms with Crippen molar-refractivity contribution in [3.63, 3.8) is 0 Å². The van der Waals surface area contributed by atoms with Crippen LogP contribution in [0.1, 0.15) is 53.0 Å². The second-order valence-corrected chi connectivity index (χ2v) is 6.63. The molecule has 0 bridgehead atoms. The predicted octanol–water partition coefficient (Wildman–Crippen LogP) is 2.55. The minimum absolute atomic E-state index is 0.0725. The number of aromatic nitrogens is 4. The van der Waals surface area contributed by atoms with Crippen LogP contribution in [0.5, 0.6) is 0 Å². The summed E-state index contributed by atoms with van der Waals surface area (Å²) in [4.78, 5) is 13.7. The quantitative estimate of drug-likeness (QED) is 0.727. The van der Waals surface area contributed by atoms with Crippen molar-refractivity contribution in [3.8, 4) is 0 Å². The van der Waals surface area contributed by atoms with E-state index in [0.29, 0.717) is 12.0 Å². The minimum atomic E-state index is -0.464. The van der Waals surface area contributed by atoms with Gasteiger partial charge in [-0.25, -0.2) is 4.98 Å². The first-order chi connectivity index (χ1) is 11.0. The van der Waals surface area contributed by atoms with E-state index in [1.54, 1.807) is 6.92 Å². The molecule has 2 aromatic heterocycles. The number of anilines is 2. The molecule has 0 amide bonds. The summed E-state index contributed by atoms with van der Waals surface area (Å²) >= 11 is 0. The zero-order chi connectivity index (χ0) is 16.6. The smallest absolute Gasteiger partial charge is 0.227 e. The summed E-state index contributed by atoms with van der Waals surface area (Å²) in [5.41, 5.74) is 1.63. The number of aliphatic hydroxyl groups is 1. The Hall–Kier alpha value is -1.89. The maximum atomic E-state index is 9.86. The molecule has 1 fully saturated rings. The van der Waals surface area contributed by atoms with Crippen molar-refractivity contribution >= 4 is 22.9 Å². The maximum absolute atomic E-state index is 9.86. The lowest BCUT2D eigenvalue weighted by molar-refractivity contribution is 0.169. The number of fused-ring (bicyclic) bond motifs is 1. The summed E-state index contributed by atoms with van der Waals surface area (Å²) in [6, 6.07) is 0.691. The Bertz CT molecular complexity index is 677. The molecule has 23 heavy (non-hydrogen) atoms. The van der Waals surface area contributed by atoms with Crippen LogP contribution in [0.2, 0.25) is 0 Å². The number of nitrogens with zero attached hydrogens (tertiary/aromatic N) is 4. The number of rotatable bonds is 7. The third kappa shape index (κ3) is 3.39. The van der Waals surface area contributed by atoms with E-state index < -0.39 is 6.10 Å². The molecule has 7 nitrogen and oxygen atoms in total. The molecule has 3 N–H and O–H groups in total. The fraction of sp³-hybridized carbons (Fsp3) is 0.688. The van der Waals surface area contributed by atoms with Gasteiger partial charge in [-0.15, -0.1) is 0 Å². The number of aliphatic hydroxyl groups excluding tert-OH is 1. The molecule has 3 rings (SSSR count). The Morgan fingerprint density at radius 3 is 2.61 bits per heavy atom. The van der Waals surface area contributed by atoms with Gasteiger partial charge in [0.15, 0.2) is 17.0 Å². The Balaban J connectivity index is 2.01. The highest BCUT2D eigenvalue weighted by molar-refractivity contribution is 5.84. The van der Waals surface area contributed by atoms with Crippen LogP contribution in [-0.4, -0.2) is 42.8 Å². The lowest BCUT2D eigenvalue weighted by atomic mass is 10.1. The molecule has 0 radical (unpaired) electrons. The highest BCUT2D eigenvalue weighted by Crippen LogP contribution is 2.29. The highest BCUT2D eigenvalue weighted by atomic mass is 16.3. The van der Waals surface area contributed by atoms with Gasteiger partial charge in [-0.3, -0.25) is 0 Å². The second-order valence-electron chi connectivity index (χ2n) is 6.63. The van der Waals surface area contributed by atoms with Gasteiger partial charge in [-0.05, 0) is 40.0 Å². The van der Waals surface area contributed by atoms with Crippen molar-refractivity contribution in [1.29, 1.82) is 0 Å². The standard InChI is InChI=1S/C16H26N6O/c1-5-12(10(4)23)19-16-20-14(18-11-6-7-11)13-15(21-16)22(8-17-13)9(2)3/h8-12,23H,5-7H2,1-4H3,(H2,18,19,20,21)/t10-,12+/m1/s1. The van der Waals surface area contributed by atoms with E-state index in [0.717, 1.165) is 23.4 Å². The van der Waals surface area contributed by atoms with E-state index in [9.17, 15) is 5.11 Å². The summed E-state index contributed by atoms with van der Waals surface area (Å²) in [7, 11) is 0. The third-order valence-corrected chi connectivity index (χ3v) is 4.23. The van der Waals surface area contributed by atoms with E-state index in [4.69, 9.17) is 0 Å². The molecule has 2 atom stereocenters. The zero-order valence-electron chi connectivity index (χ0n) is 14.2. The molecular formula is C16H26N6O. The highest BCUT2D eigenvalue weighted by Gasteiger charge is 2.25. The maximum Gasteiger partial charge on any atom is 0.227 e. The average molecular weight is 318 g/mol. The number of hydrogen-bond donors (Lipinski definition) is 3. The van der Waals surface area contributed by atoms with Gasteiger partial charge in [0.2, 0.25) is 5.95 Å². The van der Waals surface area contributed by atoms with Crippen LogP contribution in [0, 0.1) is 0 Å². The predicted molar refractivity (Wildman–Crippen MR) is 91.7 cm³/mol. The first kappa shape index (κ1) is 16.0. The SMILES string of the molecule is CC[C@H](Nc1nc(NC2CC2)c2ncn(C(C)C)c2n1)[C@@H](C)O.